The van der Waals surface area contributed by atoms with Gasteiger partial charge in [0.1, 0.15) is 17.8 Å². The number of carbonyl (C=O) groups is 2. The van der Waals surface area contributed by atoms with E-state index in [1.807, 2.05) is 39.8 Å². The van der Waals surface area contributed by atoms with Crippen LogP contribution in [0.2, 0.25) is 0 Å². The third kappa shape index (κ3) is 8.90. The molecule has 0 spiro atoms. The fourth-order valence-electron chi connectivity index (χ4n) is 6.73. The van der Waals surface area contributed by atoms with Gasteiger partial charge in [0, 0.05) is 24.6 Å². The second-order valence-corrected chi connectivity index (χ2v) is 13.8. The first-order valence-corrected chi connectivity index (χ1v) is 16.2. The number of amides is 1. The van der Waals surface area contributed by atoms with Gasteiger partial charge in [0.25, 0.3) is 0 Å². The van der Waals surface area contributed by atoms with Gasteiger partial charge in [-0.05, 0) is 74.4 Å². The maximum absolute atomic E-state index is 13.4. The maximum Gasteiger partial charge on any atom is 0.311 e. The van der Waals surface area contributed by atoms with Gasteiger partial charge in [0.05, 0.1) is 41.9 Å². The number of aliphatic hydroxyl groups is 4. The van der Waals surface area contributed by atoms with Crippen LogP contribution in [-0.2, 0) is 28.5 Å². The van der Waals surface area contributed by atoms with E-state index in [1.54, 1.807) is 20.8 Å². The van der Waals surface area contributed by atoms with Crippen LogP contribution < -0.4 is 5.32 Å². The Kier molecular flexibility index (Phi) is 14.1. The minimum atomic E-state index is -1.95. The lowest BCUT2D eigenvalue weighted by atomic mass is 9.78. The highest BCUT2D eigenvalue weighted by Gasteiger charge is 2.51. The van der Waals surface area contributed by atoms with E-state index in [9.17, 15) is 30.0 Å². The zero-order chi connectivity index (χ0) is 33.7. The number of carbonyl (C=O) groups excluding carboxylic acids is 2. The van der Waals surface area contributed by atoms with E-state index in [0.29, 0.717) is 19.4 Å². The zero-order valence-electron chi connectivity index (χ0n) is 28.6. The SMILES string of the molecule is CCCOC1(C)CC(C)NC(=O)C(C)C(O)C(C)(O)C(CC)OC(=O)C(C)C(O)C(C)C1OC1OC(C)CC(N(C)C)C1O. The second kappa shape index (κ2) is 15.9. The van der Waals surface area contributed by atoms with E-state index in [2.05, 4.69) is 5.32 Å². The van der Waals surface area contributed by atoms with Gasteiger partial charge < -0.3 is 49.6 Å². The maximum atomic E-state index is 13.4. The number of nitrogens with zero attached hydrogens (tertiary/aromatic N) is 1. The van der Waals surface area contributed by atoms with E-state index in [1.165, 1.54) is 20.8 Å². The van der Waals surface area contributed by atoms with Gasteiger partial charge in [-0.2, -0.15) is 0 Å². The Balaban J connectivity index is 2.64. The molecule has 0 saturated carbocycles. The summed E-state index contributed by atoms with van der Waals surface area (Å²) in [5, 5.41) is 48.3. The Morgan fingerprint density at radius 1 is 1.00 bits per heavy atom. The predicted molar refractivity (Wildman–Crippen MR) is 164 cm³/mol. The fraction of sp³-hybridized carbons (Fsp3) is 0.938. The summed E-state index contributed by atoms with van der Waals surface area (Å²) in [6.07, 6.45) is -5.51. The van der Waals surface area contributed by atoms with Crippen LogP contribution in [0, 0.1) is 17.8 Å². The number of esters is 1. The first kappa shape index (κ1) is 38.8. The Bertz CT molecular complexity index is 935. The molecule has 258 valence electrons. The average molecular weight is 633 g/mol. The van der Waals surface area contributed by atoms with Crippen LogP contribution in [-0.4, -0.2) is 124 Å². The number of cyclic esters (lactones) is 1. The molecule has 14 unspecified atom stereocenters. The van der Waals surface area contributed by atoms with Crippen LogP contribution in [0.4, 0.5) is 0 Å². The van der Waals surface area contributed by atoms with Crippen molar-refractivity contribution >= 4 is 11.9 Å². The number of hydrogen-bond acceptors (Lipinski definition) is 11. The molecule has 0 aromatic heterocycles. The Morgan fingerprint density at radius 2 is 1.61 bits per heavy atom. The van der Waals surface area contributed by atoms with E-state index in [4.69, 9.17) is 18.9 Å². The minimum Gasteiger partial charge on any atom is -0.459 e. The number of hydrogen-bond donors (Lipinski definition) is 5. The van der Waals surface area contributed by atoms with Crippen LogP contribution in [0.15, 0.2) is 0 Å². The van der Waals surface area contributed by atoms with Crippen LogP contribution >= 0.6 is 0 Å². The molecule has 5 N–H and O–H groups in total. The van der Waals surface area contributed by atoms with Crippen LogP contribution in [0.1, 0.15) is 88.0 Å². The quantitative estimate of drug-likeness (QED) is 0.259. The molecule has 2 saturated heterocycles. The average Bonchev–Trinajstić information content (AvgIpc) is 2.95. The summed E-state index contributed by atoms with van der Waals surface area (Å²) < 4.78 is 24.9. The molecule has 2 aliphatic rings. The molecule has 1 amide bonds. The van der Waals surface area contributed by atoms with Gasteiger partial charge >= 0.3 is 5.97 Å². The van der Waals surface area contributed by atoms with Gasteiger partial charge in [-0.25, -0.2) is 0 Å². The van der Waals surface area contributed by atoms with Crippen molar-refractivity contribution in [2.45, 2.75) is 154 Å². The summed E-state index contributed by atoms with van der Waals surface area (Å²) in [7, 11) is 3.76. The van der Waals surface area contributed by atoms with E-state index in [0.717, 1.165) is 0 Å². The van der Waals surface area contributed by atoms with Gasteiger partial charge in [0.15, 0.2) is 6.29 Å². The van der Waals surface area contributed by atoms with Gasteiger partial charge in [-0.3, -0.25) is 9.59 Å². The molecule has 2 fully saturated rings. The molecule has 14 atom stereocenters. The van der Waals surface area contributed by atoms with Crippen molar-refractivity contribution in [2.75, 3.05) is 20.7 Å². The zero-order valence-corrected chi connectivity index (χ0v) is 28.6. The Morgan fingerprint density at radius 3 is 2.16 bits per heavy atom. The number of ether oxygens (including phenoxy) is 4. The van der Waals surface area contributed by atoms with Gasteiger partial charge in [-0.15, -0.1) is 0 Å². The summed E-state index contributed by atoms with van der Waals surface area (Å²) in [6, 6.07) is -0.736. The smallest absolute Gasteiger partial charge is 0.311 e. The van der Waals surface area contributed by atoms with Crippen molar-refractivity contribution in [1.29, 1.82) is 0 Å². The number of nitrogens with one attached hydrogen (secondary N) is 1. The summed E-state index contributed by atoms with van der Waals surface area (Å²) in [5.74, 6) is -4.11. The normalized spacial score (nSPS) is 45.3. The molecule has 44 heavy (non-hydrogen) atoms. The molecule has 0 aromatic rings. The molecule has 0 aliphatic carbocycles. The third-order valence-corrected chi connectivity index (χ3v) is 9.56. The monoisotopic (exact) mass is 632 g/mol. The van der Waals surface area contributed by atoms with E-state index in [-0.39, 0.29) is 25.0 Å². The van der Waals surface area contributed by atoms with Gasteiger partial charge in [-0.1, -0.05) is 27.7 Å². The van der Waals surface area contributed by atoms with Crippen LogP contribution in [0.25, 0.3) is 0 Å². The van der Waals surface area contributed by atoms with Crippen molar-refractivity contribution in [3.05, 3.63) is 0 Å². The highest BCUT2D eigenvalue weighted by Crippen LogP contribution is 2.37. The lowest BCUT2D eigenvalue weighted by Gasteiger charge is -2.48. The van der Waals surface area contributed by atoms with Crippen molar-refractivity contribution in [3.8, 4) is 0 Å². The number of rotatable bonds is 7. The van der Waals surface area contributed by atoms with Crippen molar-refractivity contribution in [1.82, 2.24) is 10.2 Å². The Labute approximate surface area is 263 Å². The van der Waals surface area contributed by atoms with Gasteiger partial charge in [0.2, 0.25) is 5.91 Å². The van der Waals surface area contributed by atoms with Crippen molar-refractivity contribution in [2.24, 2.45) is 17.8 Å². The molecular formula is C32H60N2O10. The lowest BCUT2D eigenvalue weighted by molar-refractivity contribution is -0.303. The van der Waals surface area contributed by atoms with E-state index < -0.39 is 83.7 Å². The third-order valence-electron chi connectivity index (χ3n) is 9.56. The number of aliphatic hydroxyl groups excluding tert-OH is 3. The first-order valence-electron chi connectivity index (χ1n) is 16.2. The van der Waals surface area contributed by atoms with Crippen molar-refractivity contribution in [3.63, 3.8) is 0 Å². The summed E-state index contributed by atoms with van der Waals surface area (Å²) in [4.78, 5) is 28.7. The molecule has 12 nitrogen and oxygen atoms in total. The standard InChI is InChI=1S/C32H60N2O10/c1-12-14-41-31(8)16-17(3)33-28(38)21(7)26(37)32(9,40)23(13-2)43-29(39)20(6)24(35)19(5)27(31)44-30-25(36)22(34(10)11)15-18(4)42-30/h17-27,30,35-37,40H,12-16H2,1-11H3,(H,33,38). The van der Waals surface area contributed by atoms with Crippen molar-refractivity contribution < 1.29 is 49.0 Å². The molecular weight excluding hydrogens is 572 g/mol. The molecule has 12 heteroatoms. The molecule has 2 rings (SSSR count). The fourth-order valence-corrected chi connectivity index (χ4v) is 6.73. The molecule has 2 heterocycles. The molecule has 0 radical (unpaired) electrons. The molecule has 0 bridgehead atoms. The Hall–Kier alpha value is -1.38. The van der Waals surface area contributed by atoms with Crippen LogP contribution in [0.5, 0.6) is 0 Å². The largest absolute Gasteiger partial charge is 0.459 e. The molecule has 2 aliphatic heterocycles. The summed E-state index contributed by atoms with van der Waals surface area (Å²) in [5.41, 5.74) is -3.08. The van der Waals surface area contributed by atoms with E-state index >= 15 is 0 Å². The topological polar surface area (TPSA) is 167 Å². The minimum absolute atomic E-state index is 0.162. The summed E-state index contributed by atoms with van der Waals surface area (Å²) >= 11 is 0. The van der Waals surface area contributed by atoms with Crippen LogP contribution in [0.3, 0.4) is 0 Å². The molecule has 0 aromatic carbocycles. The summed E-state index contributed by atoms with van der Waals surface area (Å²) in [6.45, 7) is 15.7. The highest BCUT2D eigenvalue weighted by molar-refractivity contribution is 5.79. The number of likely N-dealkylation sites (N-methyl/N-ethyl adjacent to an activating group) is 1. The second-order valence-electron chi connectivity index (χ2n) is 13.8. The highest BCUT2D eigenvalue weighted by atomic mass is 16.7. The first-order chi connectivity index (χ1) is 20.3. The predicted octanol–water partition coefficient (Wildman–Crippen LogP) is 1.59. The lowest BCUT2D eigenvalue weighted by Crippen LogP contribution is -2.60.